The first kappa shape index (κ1) is 13.4. The second kappa shape index (κ2) is 4.21. The van der Waals surface area contributed by atoms with Gasteiger partial charge in [-0.25, -0.2) is 0 Å². The topological polar surface area (TPSA) is 40.5 Å². The van der Waals surface area contributed by atoms with E-state index in [1.807, 2.05) is 25.8 Å². The van der Waals surface area contributed by atoms with E-state index in [-0.39, 0.29) is 12.0 Å². The van der Waals surface area contributed by atoms with E-state index in [1.165, 1.54) is 19.3 Å². The molecule has 0 heterocycles. The van der Waals surface area contributed by atoms with Crippen molar-refractivity contribution in [2.45, 2.75) is 57.9 Å². The van der Waals surface area contributed by atoms with Crippen molar-refractivity contribution < 1.29 is 9.90 Å². The summed E-state index contributed by atoms with van der Waals surface area (Å²) in [6.07, 6.45) is 7.38. The Morgan fingerprint density at radius 2 is 1.58 bits per heavy atom. The molecule has 4 bridgehead atoms. The Labute approximate surface area is 116 Å². The van der Waals surface area contributed by atoms with Crippen LogP contribution in [0.25, 0.3) is 0 Å². The molecule has 108 valence electrons. The van der Waals surface area contributed by atoms with E-state index in [0.29, 0.717) is 5.91 Å². The molecule has 0 aliphatic heterocycles. The molecule has 0 spiro atoms. The van der Waals surface area contributed by atoms with Crippen LogP contribution < -0.4 is 0 Å². The fraction of sp³-hybridized carbons (Fsp3) is 0.938. The van der Waals surface area contributed by atoms with E-state index in [2.05, 4.69) is 0 Å². The van der Waals surface area contributed by atoms with Gasteiger partial charge in [0.15, 0.2) is 0 Å². The summed E-state index contributed by atoms with van der Waals surface area (Å²) in [4.78, 5) is 14.8. The van der Waals surface area contributed by atoms with Gasteiger partial charge in [0.1, 0.15) is 0 Å². The third-order valence-corrected chi connectivity index (χ3v) is 6.09. The van der Waals surface area contributed by atoms with Crippen molar-refractivity contribution in [1.82, 2.24) is 4.90 Å². The molecule has 1 N–H and O–H groups in total. The van der Waals surface area contributed by atoms with Gasteiger partial charge in [-0.15, -0.1) is 0 Å². The minimum absolute atomic E-state index is 0.0294. The number of rotatable bonds is 3. The zero-order valence-corrected chi connectivity index (χ0v) is 12.5. The van der Waals surface area contributed by atoms with Gasteiger partial charge in [-0.2, -0.15) is 0 Å². The van der Waals surface area contributed by atoms with Crippen LogP contribution in [0, 0.1) is 23.2 Å². The Morgan fingerprint density at radius 3 is 1.95 bits per heavy atom. The zero-order chi connectivity index (χ0) is 13.8. The Balaban J connectivity index is 1.83. The minimum atomic E-state index is -0.444. The Hall–Kier alpha value is -0.570. The molecule has 0 unspecified atom stereocenters. The molecule has 0 aromatic carbocycles. The molecule has 4 aliphatic carbocycles. The molecular formula is C16H27NO2. The third-order valence-electron chi connectivity index (χ3n) is 6.09. The number of carbonyl (C=O) groups is 1. The average Bonchev–Trinajstić information content (AvgIpc) is 2.35. The fourth-order valence-corrected chi connectivity index (χ4v) is 5.11. The van der Waals surface area contributed by atoms with Crippen LogP contribution in [0.4, 0.5) is 0 Å². The Bertz CT molecular complexity index is 353. The van der Waals surface area contributed by atoms with Crippen LogP contribution in [0.5, 0.6) is 0 Å². The number of hydrogen-bond acceptors (Lipinski definition) is 2. The Morgan fingerprint density at radius 1 is 1.16 bits per heavy atom. The van der Waals surface area contributed by atoms with Crippen molar-refractivity contribution in [3.63, 3.8) is 0 Å². The van der Waals surface area contributed by atoms with Crippen molar-refractivity contribution >= 4 is 5.91 Å². The number of likely N-dealkylation sites (N-methyl/N-ethyl adjacent to an activating group) is 1. The zero-order valence-electron chi connectivity index (χ0n) is 12.5. The van der Waals surface area contributed by atoms with Crippen LogP contribution in [-0.2, 0) is 4.79 Å². The summed E-state index contributed by atoms with van der Waals surface area (Å²) in [7, 11) is 1.87. The van der Waals surface area contributed by atoms with Gasteiger partial charge in [0.2, 0.25) is 5.91 Å². The number of aliphatic hydroxyl groups excluding tert-OH is 1. The number of carbonyl (C=O) groups excluding carboxylic acids is 1. The second-order valence-corrected chi connectivity index (χ2v) is 8.03. The molecule has 4 rings (SSSR count). The van der Waals surface area contributed by atoms with Gasteiger partial charge in [-0.3, -0.25) is 4.79 Å². The van der Waals surface area contributed by atoms with E-state index in [4.69, 9.17) is 0 Å². The quantitative estimate of drug-likeness (QED) is 0.851. The molecule has 3 nitrogen and oxygen atoms in total. The molecule has 4 fully saturated rings. The number of amides is 1. The van der Waals surface area contributed by atoms with Gasteiger partial charge in [0, 0.05) is 7.05 Å². The van der Waals surface area contributed by atoms with Crippen LogP contribution in [0.15, 0.2) is 0 Å². The minimum Gasteiger partial charge on any atom is -0.394 e. The lowest BCUT2D eigenvalue weighted by atomic mass is 9.49. The van der Waals surface area contributed by atoms with Gasteiger partial charge in [0.25, 0.3) is 0 Å². The fourth-order valence-electron chi connectivity index (χ4n) is 5.11. The molecule has 19 heavy (non-hydrogen) atoms. The summed E-state index contributed by atoms with van der Waals surface area (Å²) in [6, 6.07) is 0. The van der Waals surface area contributed by atoms with Crippen LogP contribution in [0.3, 0.4) is 0 Å². The lowest BCUT2D eigenvalue weighted by Gasteiger charge is -2.57. The van der Waals surface area contributed by atoms with Crippen LogP contribution >= 0.6 is 0 Å². The van der Waals surface area contributed by atoms with E-state index in [1.54, 1.807) is 0 Å². The first-order valence-electron chi connectivity index (χ1n) is 7.75. The molecule has 0 aromatic rings. The van der Waals surface area contributed by atoms with Gasteiger partial charge < -0.3 is 10.0 Å². The molecule has 1 amide bonds. The second-order valence-electron chi connectivity index (χ2n) is 8.03. The van der Waals surface area contributed by atoms with Gasteiger partial charge in [-0.05, 0) is 70.1 Å². The third kappa shape index (κ3) is 2.01. The highest BCUT2D eigenvalue weighted by molar-refractivity contribution is 5.83. The van der Waals surface area contributed by atoms with E-state index in [0.717, 1.165) is 37.0 Å². The lowest BCUT2D eigenvalue weighted by molar-refractivity contribution is -0.162. The van der Waals surface area contributed by atoms with Crippen LogP contribution in [0.1, 0.15) is 52.4 Å². The van der Waals surface area contributed by atoms with Crippen LogP contribution in [0.2, 0.25) is 0 Å². The van der Waals surface area contributed by atoms with Crippen molar-refractivity contribution in [3.8, 4) is 0 Å². The van der Waals surface area contributed by atoms with Crippen LogP contribution in [-0.4, -0.2) is 35.1 Å². The summed E-state index contributed by atoms with van der Waals surface area (Å²) in [5.41, 5.74) is -0.531. The maximum absolute atomic E-state index is 13.0. The summed E-state index contributed by atoms with van der Waals surface area (Å²) in [5.74, 6) is 2.67. The first-order valence-corrected chi connectivity index (χ1v) is 7.75. The molecule has 0 aromatic heterocycles. The molecule has 0 radical (unpaired) electrons. The average molecular weight is 265 g/mol. The molecular weight excluding hydrogens is 238 g/mol. The molecule has 4 saturated carbocycles. The molecule has 3 heteroatoms. The Kier molecular flexibility index (Phi) is 2.97. The maximum atomic E-state index is 13.0. The van der Waals surface area contributed by atoms with Crippen molar-refractivity contribution in [2.75, 3.05) is 13.7 Å². The highest BCUT2D eigenvalue weighted by Gasteiger charge is 2.56. The standard InChI is InChI=1S/C16H27NO2/c1-15(2,10-18)17(3)14(19)16-7-11-4-12(8-16)6-13(5-11)9-16/h11-13,18H,4-10H2,1-3H3. The van der Waals surface area contributed by atoms with Crippen molar-refractivity contribution in [2.24, 2.45) is 23.2 Å². The SMILES string of the molecule is CN(C(=O)C12CC3CC(CC(C3)C1)C2)C(C)(C)CO. The molecule has 0 saturated heterocycles. The number of nitrogens with zero attached hydrogens (tertiary/aromatic N) is 1. The van der Waals surface area contributed by atoms with Gasteiger partial charge in [-0.1, -0.05) is 0 Å². The van der Waals surface area contributed by atoms with Gasteiger partial charge >= 0.3 is 0 Å². The van der Waals surface area contributed by atoms with Crippen molar-refractivity contribution in [3.05, 3.63) is 0 Å². The van der Waals surface area contributed by atoms with Gasteiger partial charge in [0.05, 0.1) is 17.6 Å². The normalized spacial score (nSPS) is 40.5. The first-order chi connectivity index (χ1) is 8.86. The lowest BCUT2D eigenvalue weighted by Crippen LogP contribution is -2.58. The van der Waals surface area contributed by atoms with E-state index >= 15 is 0 Å². The maximum Gasteiger partial charge on any atom is 0.229 e. The smallest absolute Gasteiger partial charge is 0.229 e. The molecule has 0 atom stereocenters. The van der Waals surface area contributed by atoms with E-state index in [9.17, 15) is 9.90 Å². The summed E-state index contributed by atoms with van der Waals surface area (Å²) >= 11 is 0. The van der Waals surface area contributed by atoms with E-state index < -0.39 is 5.54 Å². The molecule has 4 aliphatic rings. The number of aliphatic hydroxyl groups is 1. The number of hydrogen-bond donors (Lipinski definition) is 1. The summed E-state index contributed by atoms with van der Waals surface area (Å²) in [6.45, 7) is 3.93. The predicted molar refractivity (Wildman–Crippen MR) is 74.5 cm³/mol. The highest BCUT2D eigenvalue weighted by Crippen LogP contribution is 2.60. The van der Waals surface area contributed by atoms with Crippen molar-refractivity contribution in [1.29, 1.82) is 0 Å². The monoisotopic (exact) mass is 265 g/mol. The largest absolute Gasteiger partial charge is 0.394 e. The highest BCUT2D eigenvalue weighted by atomic mass is 16.3. The summed E-state index contributed by atoms with van der Waals surface area (Å²) < 4.78 is 0. The predicted octanol–water partition coefficient (Wildman–Crippen LogP) is 2.43. The summed E-state index contributed by atoms with van der Waals surface area (Å²) in [5, 5.41) is 9.50.